The number of rotatable bonds is 12. The van der Waals surface area contributed by atoms with E-state index in [0.29, 0.717) is 11.4 Å². The van der Waals surface area contributed by atoms with Gasteiger partial charge in [-0.2, -0.15) is 0 Å². The standard InChI is InChI=1S/C33H40ClNO2/c1-26-17-19-28(20-18-26)33(27-13-5-4-6-14-27,29-15-7-8-16-30(29)34)37-31(36)25-32(22-10-11-23-32)21-9-2-3-12-24-35/h4-8,13-20H,2-3,9-12,21-25,35H2,1H3. The van der Waals surface area contributed by atoms with Crippen molar-refractivity contribution in [2.45, 2.75) is 76.7 Å². The van der Waals surface area contributed by atoms with E-state index in [0.717, 1.165) is 67.3 Å². The Labute approximate surface area is 227 Å². The molecule has 2 N–H and O–H groups in total. The highest BCUT2D eigenvalue weighted by Gasteiger charge is 2.44. The Morgan fingerprint density at radius 2 is 1.49 bits per heavy atom. The van der Waals surface area contributed by atoms with Gasteiger partial charge in [-0.3, -0.25) is 4.79 Å². The number of ether oxygens (including phenoxy) is 1. The molecule has 0 amide bonds. The summed E-state index contributed by atoms with van der Waals surface area (Å²) in [6.07, 6.45) is 10.6. The molecule has 1 aliphatic carbocycles. The Morgan fingerprint density at radius 3 is 2.16 bits per heavy atom. The lowest BCUT2D eigenvalue weighted by Gasteiger charge is -2.37. The predicted molar refractivity (Wildman–Crippen MR) is 153 cm³/mol. The minimum atomic E-state index is -1.13. The highest BCUT2D eigenvalue weighted by atomic mass is 35.5. The van der Waals surface area contributed by atoms with Gasteiger partial charge >= 0.3 is 5.97 Å². The van der Waals surface area contributed by atoms with Crippen molar-refractivity contribution in [3.8, 4) is 0 Å². The minimum Gasteiger partial charge on any atom is -0.444 e. The lowest BCUT2D eigenvalue weighted by Crippen LogP contribution is -2.37. The Hall–Kier alpha value is -2.62. The molecule has 37 heavy (non-hydrogen) atoms. The van der Waals surface area contributed by atoms with Crippen LogP contribution in [0.1, 0.15) is 86.5 Å². The van der Waals surface area contributed by atoms with Gasteiger partial charge in [0.2, 0.25) is 0 Å². The number of carbonyl (C=O) groups is 1. The molecule has 3 aromatic carbocycles. The van der Waals surface area contributed by atoms with Gasteiger partial charge in [0.1, 0.15) is 0 Å². The van der Waals surface area contributed by atoms with Crippen LogP contribution in [-0.4, -0.2) is 12.5 Å². The summed E-state index contributed by atoms with van der Waals surface area (Å²) in [5.41, 5.74) is 8.28. The van der Waals surface area contributed by atoms with Crippen molar-refractivity contribution in [3.63, 3.8) is 0 Å². The molecular formula is C33H40ClNO2. The van der Waals surface area contributed by atoms with E-state index in [9.17, 15) is 4.79 Å². The van der Waals surface area contributed by atoms with Crippen molar-refractivity contribution < 1.29 is 9.53 Å². The molecule has 1 aliphatic rings. The molecule has 3 nitrogen and oxygen atoms in total. The number of nitrogens with two attached hydrogens (primary N) is 1. The third kappa shape index (κ3) is 6.45. The van der Waals surface area contributed by atoms with Crippen LogP contribution in [0.25, 0.3) is 0 Å². The molecular weight excluding hydrogens is 478 g/mol. The molecule has 1 fully saturated rings. The second-order valence-electron chi connectivity index (χ2n) is 10.7. The van der Waals surface area contributed by atoms with Crippen molar-refractivity contribution in [2.24, 2.45) is 11.1 Å². The topological polar surface area (TPSA) is 52.3 Å². The predicted octanol–water partition coefficient (Wildman–Crippen LogP) is 8.34. The van der Waals surface area contributed by atoms with Crippen LogP contribution in [-0.2, 0) is 15.1 Å². The molecule has 1 saturated carbocycles. The van der Waals surface area contributed by atoms with E-state index in [1.165, 1.54) is 19.3 Å². The first-order valence-electron chi connectivity index (χ1n) is 13.8. The van der Waals surface area contributed by atoms with Gasteiger partial charge in [-0.1, -0.05) is 122 Å². The number of halogens is 1. The number of carbonyl (C=O) groups excluding carboxylic acids is 1. The smallest absolute Gasteiger partial charge is 0.307 e. The van der Waals surface area contributed by atoms with Gasteiger partial charge in [-0.05, 0) is 50.6 Å². The van der Waals surface area contributed by atoms with E-state index < -0.39 is 5.60 Å². The molecule has 4 heteroatoms. The number of hydrogen-bond donors (Lipinski definition) is 1. The van der Waals surface area contributed by atoms with Gasteiger partial charge in [0.05, 0.1) is 6.42 Å². The van der Waals surface area contributed by atoms with Crippen molar-refractivity contribution in [1.29, 1.82) is 0 Å². The maximum Gasteiger partial charge on any atom is 0.307 e. The van der Waals surface area contributed by atoms with E-state index in [2.05, 4.69) is 31.2 Å². The first kappa shape index (κ1) is 27.4. The maximum atomic E-state index is 14.0. The summed E-state index contributed by atoms with van der Waals surface area (Å²) >= 11 is 6.83. The van der Waals surface area contributed by atoms with Gasteiger partial charge in [0, 0.05) is 21.7 Å². The Balaban J connectivity index is 1.71. The zero-order valence-electron chi connectivity index (χ0n) is 22.1. The third-order valence-electron chi connectivity index (χ3n) is 8.00. The molecule has 1 unspecified atom stereocenters. The zero-order valence-corrected chi connectivity index (χ0v) is 22.8. The lowest BCUT2D eigenvalue weighted by molar-refractivity contribution is -0.156. The van der Waals surface area contributed by atoms with Crippen molar-refractivity contribution in [2.75, 3.05) is 6.54 Å². The van der Waals surface area contributed by atoms with E-state index in [4.69, 9.17) is 22.1 Å². The number of benzene rings is 3. The van der Waals surface area contributed by atoms with Crippen LogP contribution in [0.4, 0.5) is 0 Å². The van der Waals surface area contributed by atoms with Crippen molar-refractivity contribution >= 4 is 17.6 Å². The van der Waals surface area contributed by atoms with E-state index in [-0.39, 0.29) is 11.4 Å². The maximum absolute atomic E-state index is 14.0. The third-order valence-corrected chi connectivity index (χ3v) is 8.33. The van der Waals surface area contributed by atoms with Crippen molar-refractivity contribution in [1.82, 2.24) is 0 Å². The van der Waals surface area contributed by atoms with Gasteiger partial charge in [0.25, 0.3) is 0 Å². The second kappa shape index (κ2) is 12.8. The highest BCUT2D eigenvalue weighted by Crippen LogP contribution is 2.48. The Bertz CT molecular complexity index is 1140. The summed E-state index contributed by atoms with van der Waals surface area (Å²) in [6, 6.07) is 26.0. The first-order chi connectivity index (χ1) is 18.0. The molecule has 0 bridgehead atoms. The van der Waals surface area contributed by atoms with Crippen LogP contribution in [0.2, 0.25) is 5.02 Å². The van der Waals surface area contributed by atoms with E-state index in [1.807, 2.05) is 54.6 Å². The minimum absolute atomic E-state index is 0.0238. The number of aryl methyl sites for hydroxylation is 1. The SMILES string of the molecule is Cc1ccc(C(OC(=O)CC2(CCCCCCN)CCCC2)(c2ccccc2)c2ccccc2Cl)cc1. The molecule has 1 atom stereocenters. The molecule has 0 heterocycles. The van der Waals surface area contributed by atoms with Gasteiger partial charge < -0.3 is 10.5 Å². The van der Waals surface area contributed by atoms with E-state index >= 15 is 0 Å². The largest absolute Gasteiger partial charge is 0.444 e. The summed E-state index contributed by atoms with van der Waals surface area (Å²) in [7, 11) is 0. The Kier molecular flexibility index (Phi) is 9.45. The summed E-state index contributed by atoms with van der Waals surface area (Å²) in [5.74, 6) is -0.159. The number of unbranched alkanes of at least 4 members (excludes halogenated alkanes) is 3. The van der Waals surface area contributed by atoms with Crippen LogP contribution in [0.3, 0.4) is 0 Å². The normalized spacial score (nSPS) is 16.3. The van der Waals surface area contributed by atoms with Crippen LogP contribution in [0.5, 0.6) is 0 Å². The fourth-order valence-electron chi connectivity index (χ4n) is 6.01. The van der Waals surface area contributed by atoms with Gasteiger partial charge in [-0.25, -0.2) is 0 Å². The monoisotopic (exact) mass is 517 g/mol. The molecule has 0 saturated heterocycles. The molecule has 0 spiro atoms. The summed E-state index contributed by atoms with van der Waals surface area (Å²) in [4.78, 5) is 14.0. The lowest BCUT2D eigenvalue weighted by atomic mass is 9.77. The Morgan fingerprint density at radius 1 is 0.865 bits per heavy atom. The van der Waals surface area contributed by atoms with Crippen LogP contribution in [0.15, 0.2) is 78.9 Å². The second-order valence-corrected chi connectivity index (χ2v) is 11.1. The summed E-state index contributed by atoms with van der Waals surface area (Å²) < 4.78 is 6.71. The van der Waals surface area contributed by atoms with Gasteiger partial charge in [0.15, 0.2) is 5.60 Å². The average molecular weight is 518 g/mol. The van der Waals surface area contributed by atoms with E-state index in [1.54, 1.807) is 0 Å². The number of esters is 1. The summed E-state index contributed by atoms with van der Waals surface area (Å²) in [6.45, 7) is 2.81. The molecule has 0 radical (unpaired) electrons. The molecule has 196 valence electrons. The fourth-order valence-corrected chi connectivity index (χ4v) is 6.28. The molecule has 0 aliphatic heterocycles. The zero-order chi connectivity index (χ0) is 26.1. The molecule has 3 aromatic rings. The van der Waals surface area contributed by atoms with Crippen molar-refractivity contribution in [3.05, 3.63) is 106 Å². The highest BCUT2D eigenvalue weighted by molar-refractivity contribution is 6.31. The van der Waals surface area contributed by atoms with Gasteiger partial charge in [-0.15, -0.1) is 0 Å². The number of hydrogen-bond acceptors (Lipinski definition) is 3. The van der Waals surface area contributed by atoms with Crippen LogP contribution >= 0.6 is 11.6 Å². The summed E-state index contributed by atoms with van der Waals surface area (Å²) in [5, 5.41) is 0.579. The molecule has 0 aromatic heterocycles. The first-order valence-corrected chi connectivity index (χ1v) is 14.2. The molecule has 4 rings (SSSR count). The quantitative estimate of drug-likeness (QED) is 0.149. The van der Waals surface area contributed by atoms with Crippen LogP contribution in [0, 0.1) is 12.3 Å². The van der Waals surface area contributed by atoms with Crippen LogP contribution < -0.4 is 5.73 Å². The average Bonchev–Trinajstić information content (AvgIpc) is 3.37. The fraction of sp³-hybridized carbons (Fsp3) is 0.424.